The van der Waals surface area contributed by atoms with E-state index in [2.05, 4.69) is 28.4 Å². The van der Waals surface area contributed by atoms with Gasteiger partial charge in [0.15, 0.2) is 0 Å². The minimum atomic E-state index is 0.716. The molecule has 0 aliphatic carbocycles. The smallest absolute Gasteiger partial charge is 0.0521 e. The molecule has 1 fully saturated rings. The Morgan fingerprint density at radius 3 is 2.73 bits per heavy atom. The molecule has 0 atom stereocenters. The van der Waals surface area contributed by atoms with Gasteiger partial charge < -0.3 is 5.32 Å². The summed E-state index contributed by atoms with van der Waals surface area (Å²) in [6, 6.07) is 2.82. The lowest BCUT2D eigenvalue weighted by Gasteiger charge is -2.31. The first kappa shape index (κ1) is 10.6. The molecular weight excluding hydrogens is 188 g/mol. The largest absolute Gasteiger partial charge is 0.317 e. The third kappa shape index (κ3) is 2.58. The van der Waals surface area contributed by atoms with Crippen LogP contribution in [-0.4, -0.2) is 40.9 Å². The maximum Gasteiger partial charge on any atom is 0.0521 e. The molecule has 4 nitrogen and oxygen atoms in total. The van der Waals surface area contributed by atoms with Crippen LogP contribution in [0.1, 0.15) is 18.5 Å². The van der Waals surface area contributed by atoms with Crippen molar-refractivity contribution < 1.29 is 0 Å². The summed E-state index contributed by atoms with van der Waals surface area (Å²) < 4.78 is 1.96. The Hall–Kier alpha value is -0.870. The number of nitrogens with one attached hydrogen (secondary N) is 1. The van der Waals surface area contributed by atoms with Gasteiger partial charge in [0, 0.05) is 38.9 Å². The van der Waals surface area contributed by atoms with Crippen LogP contribution in [0.25, 0.3) is 0 Å². The van der Waals surface area contributed by atoms with Gasteiger partial charge in [-0.25, -0.2) is 0 Å². The number of aromatic nitrogens is 2. The molecule has 0 unspecified atom stereocenters. The van der Waals surface area contributed by atoms with E-state index in [1.54, 1.807) is 0 Å². The molecule has 0 radical (unpaired) electrons. The normalized spacial score (nSPS) is 19.6. The number of hydrogen-bond acceptors (Lipinski definition) is 3. The molecule has 0 aromatic carbocycles. The van der Waals surface area contributed by atoms with Gasteiger partial charge in [0.2, 0.25) is 0 Å². The molecular formula is C11H20N4. The highest BCUT2D eigenvalue weighted by Gasteiger charge is 2.18. The van der Waals surface area contributed by atoms with Gasteiger partial charge in [-0.2, -0.15) is 5.10 Å². The van der Waals surface area contributed by atoms with Crippen molar-refractivity contribution in [3.05, 3.63) is 18.0 Å². The first-order chi connectivity index (χ1) is 7.29. The Labute approximate surface area is 91.3 Å². The van der Waals surface area contributed by atoms with E-state index in [-0.39, 0.29) is 0 Å². The van der Waals surface area contributed by atoms with Crippen molar-refractivity contribution in [1.82, 2.24) is 20.0 Å². The highest BCUT2D eigenvalue weighted by Crippen LogP contribution is 2.12. The fraction of sp³-hybridized carbons (Fsp3) is 0.727. The molecule has 0 bridgehead atoms. The second kappa shape index (κ2) is 4.77. The van der Waals surface area contributed by atoms with Crippen LogP contribution in [0.4, 0.5) is 0 Å². The van der Waals surface area contributed by atoms with Gasteiger partial charge >= 0.3 is 0 Å². The van der Waals surface area contributed by atoms with Crippen molar-refractivity contribution in [3.8, 4) is 0 Å². The summed E-state index contributed by atoms with van der Waals surface area (Å²) in [6.45, 7) is 3.42. The molecule has 1 aromatic heterocycles. The third-order valence-electron chi connectivity index (χ3n) is 3.30. The Kier molecular flexibility index (Phi) is 3.38. The maximum atomic E-state index is 4.19. The molecule has 2 heterocycles. The number of aryl methyl sites for hydroxylation is 1. The number of likely N-dealkylation sites (tertiary alicyclic amines) is 1. The zero-order valence-corrected chi connectivity index (χ0v) is 9.61. The molecule has 84 valence electrons. The Balaban J connectivity index is 1.85. The Morgan fingerprint density at radius 1 is 1.47 bits per heavy atom. The summed E-state index contributed by atoms with van der Waals surface area (Å²) in [5, 5.41) is 7.54. The quantitative estimate of drug-likeness (QED) is 0.790. The van der Waals surface area contributed by atoms with Crippen molar-refractivity contribution in [3.63, 3.8) is 0 Å². The van der Waals surface area contributed by atoms with Crippen LogP contribution in [0.15, 0.2) is 12.3 Å². The minimum Gasteiger partial charge on any atom is -0.317 e. The fourth-order valence-electron chi connectivity index (χ4n) is 2.17. The van der Waals surface area contributed by atoms with Crippen LogP contribution < -0.4 is 5.32 Å². The minimum absolute atomic E-state index is 0.716. The maximum absolute atomic E-state index is 4.19. The number of piperidine rings is 1. The fourth-order valence-corrected chi connectivity index (χ4v) is 2.17. The van der Waals surface area contributed by atoms with Crippen molar-refractivity contribution in [2.75, 3.05) is 20.1 Å². The summed E-state index contributed by atoms with van der Waals surface area (Å²) in [7, 11) is 4.07. The van der Waals surface area contributed by atoms with E-state index in [1.807, 2.05) is 17.9 Å². The van der Waals surface area contributed by atoms with Gasteiger partial charge in [-0.15, -0.1) is 0 Å². The number of hydrogen-bond donors (Lipinski definition) is 1. The summed E-state index contributed by atoms with van der Waals surface area (Å²) in [4.78, 5) is 2.50. The van der Waals surface area contributed by atoms with Crippen molar-refractivity contribution in [1.29, 1.82) is 0 Å². The number of nitrogens with zero attached hydrogens (tertiary/aromatic N) is 3. The zero-order chi connectivity index (χ0) is 10.7. The highest BCUT2D eigenvalue weighted by atomic mass is 15.3. The Morgan fingerprint density at radius 2 is 2.20 bits per heavy atom. The van der Waals surface area contributed by atoms with Crippen LogP contribution in [0.2, 0.25) is 0 Å². The summed E-state index contributed by atoms with van der Waals surface area (Å²) >= 11 is 0. The van der Waals surface area contributed by atoms with Crippen LogP contribution >= 0.6 is 0 Å². The van der Waals surface area contributed by atoms with E-state index in [0.29, 0.717) is 6.04 Å². The van der Waals surface area contributed by atoms with Crippen LogP contribution in [-0.2, 0) is 13.6 Å². The average molecular weight is 208 g/mol. The second-order valence-electron chi connectivity index (χ2n) is 4.29. The monoisotopic (exact) mass is 208 g/mol. The summed E-state index contributed by atoms with van der Waals surface area (Å²) in [5.74, 6) is 0. The second-order valence-corrected chi connectivity index (χ2v) is 4.29. The lowest BCUT2D eigenvalue weighted by atomic mass is 10.1. The van der Waals surface area contributed by atoms with E-state index < -0.39 is 0 Å². The molecule has 4 heteroatoms. The van der Waals surface area contributed by atoms with Gasteiger partial charge in [0.05, 0.1) is 5.69 Å². The van der Waals surface area contributed by atoms with Crippen molar-refractivity contribution in [2.45, 2.75) is 25.4 Å². The summed E-state index contributed by atoms with van der Waals surface area (Å²) in [6.07, 6.45) is 4.39. The number of rotatable bonds is 3. The van der Waals surface area contributed by atoms with E-state index in [9.17, 15) is 0 Å². The van der Waals surface area contributed by atoms with Crippen molar-refractivity contribution in [2.24, 2.45) is 7.05 Å². The lowest BCUT2D eigenvalue weighted by molar-refractivity contribution is 0.190. The molecule has 1 N–H and O–H groups in total. The molecule has 0 saturated carbocycles. The molecule has 1 aliphatic rings. The highest BCUT2D eigenvalue weighted by molar-refractivity contribution is 5.00. The molecule has 1 aromatic rings. The predicted molar refractivity (Wildman–Crippen MR) is 60.6 cm³/mol. The first-order valence-electron chi connectivity index (χ1n) is 5.66. The van der Waals surface area contributed by atoms with Gasteiger partial charge in [0.25, 0.3) is 0 Å². The molecule has 0 amide bonds. The van der Waals surface area contributed by atoms with Crippen molar-refractivity contribution >= 4 is 0 Å². The van der Waals surface area contributed by atoms with Gasteiger partial charge in [0.1, 0.15) is 0 Å². The van der Waals surface area contributed by atoms with Crippen LogP contribution in [0.3, 0.4) is 0 Å². The first-order valence-corrected chi connectivity index (χ1v) is 5.66. The zero-order valence-electron chi connectivity index (χ0n) is 9.61. The Bertz CT molecular complexity index is 299. The van der Waals surface area contributed by atoms with Gasteiger partial charge in [-0.1, -0.05) is 0 Å². The van der Waals surface area contributed by atoms with E-state index >= 15 is 0 Å². The average Bonchev–Trinajstić information content (AvgIpc) is 2.66. The third-order valence-corrected chi connectivity index (χ3v) is 3.30. The molecule has 1 saturated heterocycles. The van der Waals surface area contributed by atoms with Crippen LogP contribution in [0, 0.1) is 0 Å². The van der Waals surface area contributed by atoms with Gasteiger partial charge in [-0.05, 0) is 26.0 Å². The topological polar surface area (TPSA) is 33.1 Å². The van der Waals surface area contributed by atoms with E-state index in [1.165, 1.54) is 31.6 Å². The van der Waals surface area contributed by atoms with Crippen LogP contribution in [0.5, 0.6) is 0 Å². The molecule has 2 rings (SSSR count). The lowest BCUT2D eigenvalue weighted by Crippen LogP contribution is -2.40. The van der Waals surface area contributed by atoms with E-state index in [0.717, 1.165) is 6.54 Å². The summed E-state index contributed by atoms with van der Waals surface area (Å²) in [5.41, 5.74) is 1.30. The molecule has 0 spiro atoms. The van der Waals surface area contributed by atoms with E-state index in [4.69, 9.17) is 0 Å². The standard InChI is InChI=1S/C11H20N4/c1-12-10-4-7-15(8-5-10)9-11-3-6-13-14(11)2/h3,6,10,12H,4-5,7-9H2,1-2H3. The SMILES string of the molecule is CNC1CCN(Cc2ccnn2C)CC1. The predicted octanol–water partition coefficient (Wildman–Crippen LogP) is 0.604. The molecule has 15 heavy (non-hydrogen) atoms. The molecule has 1 aliphatic heterocycles. The van der Waals surface area contributed by atoms with Gasteiger partial charge in [-0.3, -0.25) is 9.58 Å².